The highest BCUT2D eigenvalue weighted by atomic mass is 16.2. The van der Waals surface area contributed by atoms with E-state index in [4.69, 9.17) is 0 Å². The van der Waals surface area contributed by atoms with Crippen LogP contribution in [0.5, 0.6) is 0 Å². The molecule has 1 aliphatic rings. The van der Waals surface area contributed by atoms with Crippen LogP contribution in [0.25, 0.3) is 0 Å². The molecule has 1 aliphatic heterocycles. The van der Waals surface area contributed by atoms with E-state index in [0.717, 1.165) is 30.9 Å². The number of aromatic nitrogens is 3. The summed E-state index contributed by atoms with van der Waals surface area (Å²) in [6.07, 6.45) is 5.95. The van der Waals surface area contributed by atoms with E-state index in [1.165, 1.54) is 6.42 Å². The van der Waals surface area contributed by atoms with E-state index in [-0.39, 0.29) is 12.5 Å². The van der Waals surface area contributed by atoms with Crippen molar-refractivity contribution in [3.8, 4) is 0 Å². The normalized spacial score (nSPS) is 18.1. The lowest BCUT2D eigenvalue weighted by Gasteiger charge is -2.20. The molecular formula is C16H21N5O. The summed E-state index contributed by atoms with van der Waals surface area (Å²) in [4.78, 5) is 16.1. The lowest BCUT2D eigenvalue weighted by Crippen LogP contribution is -2.29. The molecule has 1 amide bonds. The Morgan fingerprint density at radius 2 is 2.36 bits per heavy atom. The maximum atomic E-state index is 12.0. The lowest BCUT2D eigenvalue weighted by atomic mass is 9.97. The topological polar surface area (TPSA) is 71.8 Å². The Kier molecular flexibility index (Phi) is 4.80. The van der Waals surface area contributed by atoms with E-state index < -0.39 is 0 Å². The van der Waals surface area contributed by atoms with Crippen LogP contribution in [-0.2, 0) is 17.9 Å². The van der Waals surface area contributed by atoms with Crippen LogP contribution in [0.3, 0.4) is 0 Å². The van der Waals surface area contributed by atoms with Gasteiger partial charge in [0.25, 0.3) is 0 Å². The molecular weight excluding hydrogens is 278 g/mol. The Hall–Kier alpha value is -2.21. The zero-order valence-electron chi connectivity index (χ0n) is 12.5. The van der Waals surface area contributed by atoms with E-state index in [1.54, 1.807) is 10.9 Å². The van der Waals surface area contributed by atoms with Crippen LogP contribution in [0.15, 0.2) is 36.7 Å². The number of nitrogens with one attached hydrogen (secondary N) is 2. The molecule has 116 valence electrons. The molecule has 0 bridgehead atoms. The molecule has 3 rings (SSSR count). The third-order valence-electron chi connectivity index (χ3n) is 3.87. The minimum Gasteiger partial charge on any atom is -0.349 e. The minimum absolute atomic E-state index is 0.0536. The summed E-state index contributed by atoms with van der Waals surface area (Å²) in [7, 11) is 0. The first kappa shape index (κ1) is 14.7. The number of carbonyl (C=O) groups excluding carboxylic acids is 1. The van der Waals surface area contributed by atoms with Crippen molar-refractivity contribution in [1.29, 1.82) is 0 Å². The number of piperidine rings is 1. The maximum absolute atomic E-state index is 12.0. The van der Waals surface area contributed by atoms with Crippen molar-refractivity contribution < 1.29 is 4.79 Å². The SMILES string of the molecule is O=C(Cn1ccc([C@@H]2CCCNC2)n1)NCc1ccccn1. The van der Waals surface area contributed by atoms with Crippen LogP contribution in [-0.4, -0.2) is 33.8 Å². The average molecular weight is 299 g/mol. The molecule has 3 heterocycles. The first-order chi connectivity index (χ1) is 10.8. The van der Waals surface area contributed by atoms with Crippen molar-refractivity contribution in [1.82, 2.24) is 25.4 Å². The third-order valence-corrected chi connectivity index (χ3v) is 3.87. The van der Waals surface area contributed by atoms with Crippen LogP contribution in [0, 0.1) is 0 Å². The summed E-state index contributed by atoms with van der Waals surface area (Å²) in [6, 6.07) is 7.68. The number of hydrogen-bond donors (Lipinski definition) is 2. The fourth-order valence-corrected chi connectivity index (χ4v) is 2.68. The highest BCUT2D eigenvalue weighted by Crippen LogP contribution is 2.21. The van der Waals surface area contributed by atoms with E-state index in [2.05, 4.69) is 20.7 Å². The number of hydrogen-bond acceptors (Lipinski definition) is 4. The van der Waals surface area contributed by atoms with Crippen LogP contribution < -0.4 is 10.6 Å². The summed E-state index contributed by atoms with van der Waals surface area (Å²) in [5.74, 6) is 0.411. The summed E-state index contributed by atoms with van der Waals surface area (Å²) >= 11 is 0. The summed E-state index contributed by atoms with van der Waals surface area (Å²) < 4.78 is 1.71. The smallest absolute Gasteiger partial charge is 0.242 e. The number of rotatable bonds is 5. The van der Waals surface area contributed by atoms with Crippen molar-refractivity contribution in [2.75, 3.05) is 13.1 Å². The molecule has 1 fully saturated rings. The molecule has 0 aliphatic carbocycles. The Bertz CT molecular complexity index is 604. The fourth-order valence-electron chi connectivity index (χ4n) is 2.68. The second-order valence-corrected chi connectivity index (χ2v) is 5.58. The average Bonchev–Trinajstić information content (AvgIpc) is 3.03. The second-order valence-electron chi connectivity index (χ2n) is 5.58. The molecule has 0 saturated carbocycles. The van der Waals surface area contributed by atoms with Gasteiger partial charge in [0, 0.05) is 24.9 Å². The van der Waals surface area contributed by atoms with Gasteiger partial charge in [0.05, 0.1) is 17.9 Å². The molecule has 0 unspecified atom stereocenters. The molecule has 2 aromatic heterocycles. The molecule has 0 aromatic carbocycles. The third kappa shape index (κ3) is 3.92. The zero-order valence-corrected chi connectivity index (χ0v) is 12.5. The van der Waals surface area contributed by atoms with Crippen molar-refractivity contribution >= 4 is 5.91 Å². The van der Waals surface area contributed by atoms with Gasteiger partial charge in [0.15, 0.2) is 0 Å². The monoisotopic (exact) mass is 299 g/mol. The molecule has 0 spiro atoms. The Morgan fingerprint density at radius 1 is 1.41 bits per heavy atom. The molecule has 2 aromatic rings. The number of carbonyl (C=O) groups is 1. The number of nitrogens with zero attached hydrogens (tertiary/aromatic N) is 3. The van der Waals surface area contributed by atoms with Gasteiger partial charge >= 0.3 is 0 Å². The molecule has 1 atom stereocenters. The molecule has 2 N–H and O–H groups in total. The highest BCUT2D eigenvalue weighted by Gasteiger charge is 2.17. The lowest BCUT2D eigenvalue weighted by molar-refractivity contribution is -0.122. The van der Waals surface area contributed by atoms with E-state index in [9.17, 15) is 4.79 Å². The summed E-state index contributed by atoms with van der Waals surface area (Å²) in [5, 5.41) is 10.8. The van der Waals surface area contributed by atoms with Crippen molar-refractivity contribution in [2.45, 2.75) is 31.8 Å². The van der Waals surface area contributed by atoms with Gasteiger partial charge in [-0.25, -0.2) is 0 Å². The molecule has 6 nitrogen and oxygen atoms in total. The van der Waals surface area contributed by atoms with E-state index in [1.807, 2.05) is 30.5 Å². The van der Waals surface area contributed by atoms with E-state index in [0.29, 0.717) is 12.5 Å². The number of pyridine rings is 1. The van der Waals surface area contributed by atoms with Crippen molar-refractivity contribution in [2.24, 2.45) is 0 Å². The van der Waals surface area contributed by atoms with Gasteiger partial charge in [0.1, 0.15) is 6.54 Å². The Morgan fingerprint density at radius 3 is 3.14 bits per heavy atom. The van der Waals surface area contributed by atoms with Gasteiger partial charge in [0.2, 0.25) is 5.91 Å². The van der Waals surface area contributed by atoms with Gasteiger partial charge in [-0.05, 0) is 37.6 Å². The first-order valence-corrected chi connectivity index (χ1v) is 7.72. The highest BCUT2D eigenvalue weighted by molar-refractivity contribution is 5.75. The van der Waals surface area contributed by atoms with Crippen LogP contribution in [0.4, 0.5) is 0 Å². The Balaban J connectivity index is 1.50. The second kappa shape index (κ2) is 7.17. The maximum Gasteiger partial charge on any atom is 0.242 e. The van der Waals surface area contributed by atoms with Crippen molar-refractivity contribution in [3.05, 3.63) is 48.0 Å². The molecule has 6 heteroatoms. The van der Waals surface area contributed by atoms with E-state index >= 15 is 0 Å². The fraction of sp³-hybridized carbons (Fsp3) is 0.438. The minimum atomic E-state index is -0.0536. The summed E-state index contributed by atoms with van der Waals surface area (Å²) in [6.45, 7) is 2.75. The predicted molar refractivity (Wildman–Crippen MR) is 83.2 cm³/mol. The van der Waals surface area contributed by atoms with Gasteiger partial charge in [-0.3, -0.25) is 14.5 Å². The van der Waals surface area contributed by atoms with Crippen molar-refractivity contribution in [3.63, 3.8) is 0 Å². The van der Waals surface area contributed by atoms with Crippen LogP contribution in [0.2, 0.25) is 0 Å². The molecule has 1 saturated heterocycles. The molecule has 0 radical (unpaired) electrons. The standard InChI is InChI=1S/C16H21N5O/c22-16(19-11-14-5-1-2-8-18-14)12-21-9-6-15(20-21)13-4-3-7-17-10-13/h1-2,5-6,8-9,13,17H,3-4,7,10-12H2,(H,19,22)/t13-/m1/s1. The van der Waals surface area contributed by atoms with Gasteiger partial charge in [-0.15, -0.1) is 0 Å². The van der Waals surface area contributed by atoms with Crippen LogP contribution >= 0.6 is 0 Å². The summed E-state index contributed by atoms with van der Waals surface area (Å²) in [5.41, 5.74) is 1.93. The molecule has 22 heavy (non-hydrogen) atoms. The van der Waals surface area contributed by atoms with Gasteiger partial charge < -0.3 is 10.6 Å². The Labute approximate surface area is 129 Å². The van der Waals surface area contributed by atoms with Gasteiger partial charge in [-0.1, -0.05) is 6.07 Å². The quantitative estimate of drug-likeness (QED) is 0.866. The first-order valence-electron chi connectivity index (χ1n) is 7.72. The van der Waals surface area contributed by atoms with Gasteiger partial charge in [-0.2, -0.15) is 5.10 Å². The largest absolute Gasteiger partial charge is 0.349 e. The zero-order chi connectivity index (χ0) is 15.2. The predicted octanol–water partition coefficient (Wildman–Crippen LogP) is 1.06. The van der Waals surface area contributed by atoms with Crippen LogP contribution in [0.1, 0.15) is 30.1 Å². The number of amides is 1.